The van der Waals surface area contributed by atoms with Gasteiger partial charge in [0, 0.05) is 45.8 Å². The molecule has 1 fully saturated rings. The highest BCUT2D eigenvalue weighted by Gasteiger charge is 2.28. The molecule has 1 aliphatic heterocycles. The van der Waals surface area contributed by atoms with Gasteiger partial charge in [0.15, 0.2) is 0 Å². The van der Waals surface area contributed by atoms with Crippen molar-refractivity contribution < 1.29 is 17.6 Å². The molecule has 0 aromatic heterocycles. The van der Waals surface area contributed by atoms with E-state index in [1.807, 2.05) is 6.07 Å². The molecule has 0 N–H and O–H groups in total. The van der Waals surface area contributed by atoms with Crippen molar-refractivity contribution in [2.24, 2.45) is 0 Å². The Morgan fingerprint density at radius 2 is 1.71 bits per heavy atom. The Labute approximate surface area is 184 Å². The summed E-state index contributed by atoms with van der Waals surface area (Å²) in [6, 6.07) is 11.8. The summed E-state index contributed by atoms with van der Waals surface area (Å²) in [7, 11) is -3.76. The molecule has 0 unspecified atom stereocenters. The molecule has 0 spiro atoms. The fourth-order valence-corrected chi connectivity index (χ4v) is 5.37. The van der Waals surface area contributed by atoms with Crippen LogP contribution in [-0.2, 0) is 16.6 Å². The largest absolute Gasteiger partial charge is 0.336 e. The number of benzene rings is 2. The van der Waals surface area contributed by atoms with Crippen molar-refractivity contribution in [2.45, 2.75) is 32.2 Å². The molecule has 6 nitrogen and oxygen atoms in total. The second-order valence-electron chi connectivity index (χ2n) is 7.79. The van der Waals surface area contributed by atoms with Gasteiger partial charge in [-0.2, -0.15) is 4.31 Å². The van der Waals surface area contributed by atoms with Crippen LogP contribution < -0.4 is 0 Å². The van der Waals surface area contributed by atoms with Gasteiger partial charge < -0.3 is 4.90 Å². The van der Waals surface area contributed by atoms with Crippen LogP contribution in [0.4, 0.5) is 4.39 Å². The summed E-state index contributed by atoms with van der Waals surface area (Å²) in [4.78, 5) is 16.8. The summed E-state index contributed by atoms with van der Waals surface area (Å²) in [5, 5.41) is 0. The number of rotatable bonds is 7. The van der Waals surface area contributed by atoms with Gasteiger partial charge in [0.25, 0.3) is 5.91 Å². The summed E-state index contributed by atoms with van der Waals surface area (Å²) in [6.07, 6.45) is 0. The van der Waals surface area contributed by atoms with Gasteiger partial charge in [-0.05, 0) is 30.7 Å². The number of hydrogen-bond donors (Lipinski definition) is 0. The van der Waals surface area contributed by atoms with E-state index in [4.69, 9.17) is 0 Å². The maximum absolute atomic E-state index is 14.5. The molecule has 3 rings (SSSR count). The van der Waals surface area contributed by atoms with E-state index < -0.39 is 21.7 Å². The quantitative estimate of drug-likeness (QED) is 0.654. The number of hydrogen-bond acceptors (Lipinski definition) is 4. The van der Waals surface area contributed by atoms with Crippen molar-refractivity contribution in [1.82, 2.24) is 14.1 Å². The normalized spacial score (nSPS) is 15.5. The van der Waals surface area contributed by atoms with Crippen LogP contribution in [0.15, 0.2) is 47.4 Å². The van der Waals surface area contributed by atoms with Crippen LogP contribution in [0.2, 0.25) is 0 Å². The Balaban J connectivity index is 1.71. The molecule has 1 amide bonds. The number of aryl methyl sites for hydroxylation is 1. The van der Waals surface area contributed by atoms with E-state index in [0.29, 0.717) is 39.3 Å². The third-order valence-corrected chi connectivity index (χ3v) is 7.71. The molecular formula is C23H30FN3O3S. The number of piperazine rings is 1. The first kappa shape index (κ1) is 23.4. The van der Waals surface area contributed by atoms with Crippen molar-refractivity contribution in [3.8, 4) is 0 Å². The summed E-state index contributed by atoms with van der Waals surface area (Å²) < 4.78 is 41.3. The van der Waals surface area contributed by atoms with E-state index in [9.17, 15) is 17.6 Å². The maximum Gasteiger partial charge on any atom is 0.256 e. The molecule has 0 bridgehead atoms. The van der Waals surface area contributed by atoms with E-state index in [1.165, 1.54) is 27.6 Å². The zero-order valence-corrected chi connectivity index (χ0v) is 19.2. The number of amides is 1. The highest BCUT2D eigenvalue weighted by atomic mass is 32.2. The highest BCUT2D eigenvalue weighted by molar-refractivity contribution is 7.89. The molecule has 0 saturated carbocycles. The zero-order valence-electron chi connectivity index (χ0n) is 18.3. The third-order valence-electron chi connectivity index (χ3n) is 5.66. The lowest BCUT2D eigenvalue weighted by molar-refractivity contribution is 0.0623. The van der Waals surface area contributed by atoms with Gasteiger partial charge in [-0.1, -0.05) is 43.7 Å². The molecule has 1 heterocycles. The summed E-state index contributed by atoms with van der Waals surface area (Å²) in [5.74, 6) is -1.17. The smallest absolute Gasteiger partial charge is 0.256 e. The molecule has 0 atom stereocenters. The number of carbonyl (C=O) groups is 1. The van der Waals surface area contributed by atoms with Gasteiger partial charge in [0.2, 0.25) is 10.0 Å². The zero-order chi connectivity index (χ0) is 22.6. The molecular weight excluding hydrogens is 417 g/mol. The van der Waals surface area contributed by atoms with Crippen LogP contribution in [0.1, 0.15) is 35.3 Å². The number of sulfonamides is 1. The van der Waals surface area contributed by atoms with Crippen molar-refractivity contribution in [2.75, 3.05) is 39.3 Å². The van der Waals surface area contributed by atoms with E-state index in [-0.39, 0.29) is 10.5 Å². The average molecular weight is 448 g/mol. The predicted octanol–water partition coefficient (Wildman–Crippen LogP) is 3.12. The fraction of sp³-hybridized carbons (Fsp3) is 0.435. The second-order valence-corrected chi connectivity index (χ2v) is 9.73. The van der Waals surface area contributed by atoms with E-state index in [2.05, 4.69) is 30.0 Å². The van der Waals surface area contributed by atoms with E-state index >= 15 is 0 Å². The van der Waals surface area contributed by atoms with Crippen LogP contribution in [-0.4, -0.2) is 67.7 Å². The average Bonchev–Trinajstić information content (AvgIpc) is 2.75. The van der Waals surface area contributed by atoms with Gasteiger partial charge in [-0.25, -0.2) is 12.8 Å². The molecule has 168 valence electrons. The Morgan fingerprint density at radius 1 is 1.03 bits per heavy atom. The Hall–Kier alpha value is -2.29. The molecule has 2 aromatic rings. The predicted molar refractivity (Wildman–Crippen MR) is 119 cm³/mol. The summed E-state index contributed by atoms with van der Waals surface area (Å²) in [6.45, 7) is 9.26. The van der Waals surface area contributed by atoms with E-state index in [1.54, 1.807) is 18.7 Å². The molecule has 1 saturated heterocycles. The Morgan fingerprint density at radius 3 is 2.32 bits per heavy atom. The highest BCUT2D eigenvalue weighted by Crippen LogP contribution is 2.21. The molecule has 0 radical (unpaired) electrons. The van der Waals surface area contributed by atoms with E-state index in [0.717, 1.165) is 12.6 Å². The summed E-state index contributed by atoms with van der Waals surface area (Å²) in [5.41, 5.74) is 2.24. The minimum atomic E-state index is -3.76. The lowest BCUT2D eigenvalue weighted by atomic mass is 10.1. The van der Waals surface area contributed by atoms with Crippen LogP contribution in [0, 0.1) is 12.7 Å². The first-order valence-electron chi connectivity index (χ1n) is 10.6. The standard InChI is InChI=1S/C23H30FN3O3S/c1-4-27(5-2)31(29,30)20-9-10-22(24)21(16-20)23(28)26-13-11-25(12-14-26)17-19-8-6-7-18(3)15-19/h6-10,15-16H,4-5,11-14,17H2,1-3H3. The lowest BCUT2D eigenvalue weighted by Gasteiger charge is -2.35. The molecule has 8 heteroatoms. The topological polar surface area (TPSA) is 60.9 Å². The van der Waals surface area contributed by atoms with Gasteiger partial charge in [0.05, 0.1) is 10.5 Å². The second kappa shape index (κ2) is 9.89. The lowest BCUT2D eigenvalue weighted by Crippen LogP contribution is -2.48. The first-order chi connectivity index (χ1) is 14.8. The first-order valence-corrected chi connectivity index (χ1v) is 12.1. The van der Waals surface area contributed by atoms with Crippen LogP contribution >= 0.6 is 0 Å². The fourth-order valence-electron chi connectivity index (χ4n) is 3.89. The van der Waals surface area contributed by atoms with Gasteiger partial charge in [-0.15, -0.1) is 0 Å². The summed E-state index contributed by atoms with van der Waals surface area (Å²) >= 11 is 0. The molecule has 0 aliphatic carbocycles. The van der Waals surface area contributed by atoms with Gasteiger partial charge >= 0.3 is 0 Å². The Bertz CT molecular complexity index is 1030. The monoisotopic (exact) mass is 447 g/mol. The number of halogens is 1. The number of carbonyl (C=O) groups excluding carboxylic acids is 1. The molecule has 2 aromatic carbocycles. The SMILES string of the molecule is CCN(CC)S(=O)(=O)c1ccc(F)c(C(=O)N2CCN(Cc3cccc(C)c3)CC2)c1. The third kappa shape index (κ3) is 5.31. The molecule has 1 aliphatic rings. The van der Waals surface area contributed by atoms with Gasteiger partial charge in [-0.3, -0.25) is 9.69 Å². The van der Waals surface area contributed by atoms with Crippen molar-refractivity contribution in [3.63, 3.8) is 0 Å². The number of nitrogens with zero attached hydrogens (tertiary/aromatic N) is 3. The van der Waals surface area contributed by atoms with Crippen LogP contribution in [0.25, 0.3) is 0 Å². The van der Waals surface area contributed by atoms with Gasteiger partial charge in [0.1, 0.15) is 5.82 Å². The van der Waals surface area contributed by atoms with Crippen LogP contribution in [0.5, 0.6) is 0 Å². The minimum Gasteiger partial charge on any atom is -0.336 e. The van der Waals surface area contributed by atoms with Crippen LogP contribution in [0.3, 0.4) is 0 Å². The molecule has 31 heavy (non-hydrogen) atoms. The minimum absolute atomic E-state index is 0.0565. The van der Waals surface area contributed by atoms with Crippen molar-refractivity contribution in [1.29, 1.82) is 0 Å². The maximum atomic E-state index is 14.5. The van der Waals surface area contributed by atoms with Crippen molar-refractivity contribution >= 4 is 15.9 Å². The Kier molecular flexibility index (Phi) is 7.46. The van der Waals surface area contributed by atoms with Crippen molar-refractivity contribution in [3.05, 3.63) is 65.0 Å².